The van der Waals surface area contributed by atoms with Crippen LogP contribution in [0.5, 0.6) is 0 Å². The Labute approximate surface area is 256 Å². The van der Waals surface area contributed by atoms with Gasteiger partial charge < -0.3 is 0 Å². The number of primary amides is 1. The molecule has 4 rings (SSSR count). The van der Waals surface area contributed by atoms with Crippen LogP contribution in [-0.2, 0) is 27.2 Å². The Kier molecular flexibility index (Phi) is 10.4. The molecule has 1 fully saturated rings. The van der Waals surface area contributed by atoms with Gasteiger partial charge >= 0.3 is 258 Å². The van der Waals surface area contributed by atoms with Gasteiger partial charge in [0.1, 0.15) is 0 Å². The average Bonchev–Trinajstić information content (AvgIpc) is 3.29. The van der Waals surface area contributed by atoms with Crippen LogP contribution >= 0.6 is 23.2 Å². The van der Waals surface area contributed by atoms with Crippen LogP contribution in [0.2, 0.25) is 14.8 Å². The summed E-state index contributed by atoms with van der Waals surface area (Å²) in [6.07, 6.45) is 6.28. The number of fused-ring (bicyclic) bond motifs is 3. The van der Waals surface area contributed by atoms with Gasteiger partial charge in [0.05, 0.1) is 0 Å². The van der Waals surface area contributed by atoms with Crippen LogP contribution in [0, 0.1) is 11.8 Å². The molecule has 1 saturated carbocycles. The van der Waals surface area contributed by atoms with Gasteiger partial charge in [0.2, 0.25) is 0 Å². The van der Waals surface area contributed by atoms with E-state index in [-0.39, 0.29) is 16.9 Å². The van der Waals surface area contributed by atoms with Crippen molar-refractivity contribution in [1.29, 1.82) is 0 Å². The number of aromatic nitrogens is 1. The SMILES string of the molecule is CC[C@H](C)[C@H](NC(=O)O)C(=O)N[C@]1(C(=O)[AsH][C@@H](CC2CCCCC2)C(N)=O)CCc2[nH]c3c(Cl)cc(Cl)cc3c2C1. The molecule has 2 aliphatic carbocycles. The zero-order valence-corrected chi connectivity index (χ0v) is 27.1. The molecule has 41 heavy (non-hydrogen) atoms. The fourth-order valence-electron chi connectivity index (χ4n) is 6.28. The molecule has 5 atom stereocenters. The van der Waals surface area contributed by atoms with Gasteiger partial charge in [0, 0.05) is 0 Å². The van der Waals surface area contributed by atoms with Crippen molar-refractivity contribution in [3.05, 3.63) is 33.4 Å². The minimum absolute atomic E-state index is 0.156. The van der Waals surface area contributed by atoms with E-state index < -0.39 is 49.9 Å². The quantitative estimate of drug-likeness (QED) is 0.220. The predicted octanol–water partition coefficient (Wildman–Crippen LogP) is 4.71. The molecule has 2 aromatic rings. The molecule has 9 nitrogen and oxygen atoms in total. The van der Waals surface area contributed by atoms with Crippen LogP contribution in [0.3, 0.4) is 0 Å². The van der Waals surface area contributed by atoms with Crippen LogP contribution in [0.4, 0.5) is 4.79 Å². The Morgan fingerprint density at radius 2 is 1.90 bits per heavy atom. The molecule has 1 aromatic heterocycles. The predicted molar refractivity (Wildman–Crippen MR) is 162 cm³/mol. The molecular weight excluding hydrogens is 630 g/mol. The summed E-state index contributed by atoms with van der Waals surface area (Å²) >= 11 is 11.2. The second-order valence-corrected chi connectivity index (χ2v) is 15.5. The number of nitrogens with one attached hydrogen (secondary N) is 3. The Bertz CT molecular complexity index is 1330. The van der Waals surface area contributed by atoms with Gasteiger partial charge in [-0.25, -0.2) is 0 Å². The van der Waals surface area contributed by atoms with E-state index in [0.29, 0.717) is 47.2 Å². The van der Waals surface area contributed by atoms with Crippen molar-refractivity contribution in [2.75, 3.05) is 0 Å². The molecule has 224 valence electrons. The second kappa shape index (κ2) is 13.4. The molecule has 0 saturated heterocycles. The first-order valence-electron chi connectivity index (χ1n) is 14.3. The molecule has 0 aliphatic heterocycles. The first-order chi connectivity index (χ1) is 19.4. The first kappa shape index (κ1) is 31.7. The van der Waals surface area contributed by atoms with Gasteiger partial charge in [-0.1, -0.05) is 0 Å². The zero-order chi connectivity index (χ0) is 29.9. The third kappa shape index (κ3) is 7.23. The third-order valence-corrected chi connectivity index (χ3v) is 12.7. The zero-order valence-electron chi connectivity index (χ0n) is 23.4. The number of hydrogen-bond acceptors (Lipinski definition) is 4. The first-order valence-corrected chi connectivity index (χ1v) is 17.4. The maximum absolute atomic E-state index is 14.3. The summed E-state index contributed by atoms with van der Waals surface area (Å²) in [7, 11) is 0. The number of amides is 3. The second-order valence-electron chi connectivity index (χ2n) is 11.6. The number of carbonyl (C=O) groups excluding carboxylic acids is 3. The van der Waals surface area contributed by atoms with Crippen LogP contribution in [-0.4, -0.2) is 59.9 Å². The fraction of sp³-hybridized carbons (Fsp3) is 0.586. The summed E-state index contributed by atoms with van der Waals surface area (Å²) in [6.45, 7) is 3.66. The molecular formula is C29H39AsCl2N4O5. The van der Waals surface area contributed by atoms with E-state index in [1.54, 1.807) is 19.1 Å². The van der Waals surface area contributed by atoms with Crippen LogP contribution in [0.15, 0.2) is 12.1 Å². The number of aromatic amines is 1. The third-order valence-electron chi connectivity index (χ3n) is 8.81. The Balaban J connectivity index is 1.70. The number of halogens is 2. The number of H-pyrrole nitrogens is 1. The molecule has 1 aromatic carbocycles. The molecule has 3 amide bonds. The van der Waals surface area contributed by atoms with Crippen molar-refractivity contribution < 1.29 is 24.3 Å². The van der Waals surface area contributed by atoms with E-state index in [2.05, 4.69) is 15.6 Å². The summed E-state index contributed by atoms with van der Waals surface area (Å²) in [5.41, 5.74) is 7.01. The molecule has 2 aliphatic rings. The topological polar surface area (TPSA) is 154 Å². The number of carboxylic acid groups (broad SMARTS) is 1. The van der Waals surface area contributed by atoms with Gasteiger partial charge in [-0.2, -0.15) is 0 Å². The van der Waals surface area contributed by atoms with Crippen molar-refractivity contribution in [3.63, 3.8) is 0 Å². The summed E-state index contributed by atoms with van der Waals surface area (Å²) < 4.78 is -0.674. The maximum atomic E-state index is 14.3. The van der Waals surface area contributed by atoms with E-state index >= 15 is 0 Å². The van der Waals surface area contributed by atoms with E-state index in [0.717, 1.165) is 42.3 Å². The molecule has 0 radical (unpaired) electrons. The summed E-state index contributed by atoms with van der Waals surface area (Å²) in [5.74, 6) is -0.945. The summed E-state index contributed by atoms with van der Waals surface area (Å²) in [4.78, 5) is 55.5. The minimum atomic E-state index is -1.57. The number of hydrogen-bond donors (Lipinski definition) is 5. The Morgan fingerprint density at radius 1 is 1.20 bits per heavy atom. The van der Waals surface area contributed by atoms with Crippen molar-refractivity contribution in [3.8, 4) is 0 Å². The molecule has 12 heteroatoms. The van der Waals surface area contributed by atoms with E-state index in [1.807, 2.05) is 6.92 Å². The number of benzene rings is 1. The molecule has 0 spiro atoms. The van der Waals surface area contributed by atoms with Crippen molar-refractivity contribution >= 4 is 72.3 Å². The van der Waals surface area contributed by atoms with E-state index in [4.69, 9.17) is 28.9 Å². The van der Waals surface area contributed by atoms with Crippen molar-refractivity contribution in [1.82, 2.24) is 15.6 Å². The summed E-state index contributed by atoms with van der Waals surface area (Å²) in [6, 6.07) is 2.40. The van der Waals surface area contributed by atoms with Gasteiger partial charge in [0.25, 0.3) is 0 Å². The van der Waals surface area contributed by atoms with Crippen molar-refractivity contribution in [2.24, 2.45) is 17.6 Å². The standard InChI is InChI=1S/C29H39AsCl2N4O5/c1-3-15(2)23(35-28(40)41)26(38)36-29(27(39)30-20(25(33)37)11-16-7-5-4-6-8-16)10-9-22-19(14-29)18-12-17(31)13-21(32)24(18)34-22/h12-13,15-16,20,23,30,34-35H,3-11,14H2,1-2H3,(H2,33,37)(H,36,38)(H,40,41)/t15-,20-,23-,29+/m0/s1. The van der Waals surface area contributed by atoms with Gasteiger partial charge in [-0.05, 0) is 0 Å². The van der Waals surface area contributed by atoms with Gasteiger partial charge in [-0.15, -0.1) is 0 Å². The van der Waals surface area contributed by atoms with E-state index in [9.17, 15) is 24.3 Å². The summed E-state index contributed by atoms with van der Waals surface area (Å²) in [5, 5.41) is 16.5. The van der Waals surface area contributed by atoms with Crippen LogP contribution < -0.4 is 16.4 Å². The normalized spacial score (nSPS) is 21.8. The van der Waals surface area contributed by atoms with Gasteiger partial charge in [0.15, 0.2) is 0 Å². The number of carbonyl (C=O) groups is 4. The van der Waals surface area contributed by atoms with Crippen molar-refractivity contribution in [2.45, 2.75) is 94.3 Å². The molecule has 1 unspecified atom stereocenters. The fourth-order valence-corrected chi connectivity index (χ4v) is 9.88. The van der Waals surface area contributed by atoms with Crippen LogP contribution in [0.25, 0.3) is 10.9 Å². The molecule has 6 N–H and O–H groups in total. The average molecular weight is 669 g/mol. The molecule has 0 bridgehead atoms. The monoisotopic (exact) mass is 668 g/mol. The number of nitrogens with two attached hydrogens (primary N) is 1. The van der Waals surface area contributed by atoms with Gasteiger partial charge in [-0.3, -0.25) is 0 Å². The Morgan fingerprint density at radius 3 is 2.54 bits per heavy atom. The number of aryl methyl sites for hydroxylation is 1. The Hall–Kier alpha value is -2.22. The van der Waals surface area contributed by atoms with Crippen LogP contribution in [0.1, 0.15) is 76.5 Å². The van der Waals surface area contributed by atoms with E-state index in [1.165, 1.54) is 6.42 Å². The molecule has 1 heterocycles. The number of rotatable bonds is 11.